The van der Waals surface area contributed by atoms with Crippen molar-refractivity contribution in [1.29, 1.82) is 0 Å². The Morgan fingerprint density at radius 1 is 1.21 bits per heavy atom. The summed E-state index contributed by atoms with van der Waals surface area (Å²) in [4.78, 5) is 18.4. The maximum atomic E-state index is 12.3. The van der Waals surface area contributed by atoms with Crippen LogP contribution in [0.2, 0.25) is 5.02 Å². The van der Waals surface area contributed by atoms with Gasteiger partial charge in [-0.3, -0.25) is 9.78 Å². The van der Waals surface area contributed by atoms with Gasteiger partial charge in [0.05, 0.1) is 18.7 Å². The van der Waals surface area contributed by atoms with Crippen LogP contribution >= 0.6 is 11.6 Å². The number of fused-ring (bicyclic) bond motifs is 1. The molecule has 0 spiro atoms. The lowest BCUT2D eigenvalue weighted by atomic mass is 10.2. The largest absolute Gasteiger partial charge is 0.497 e. The van der Waals surface area contributed by atoms with E-state index in [1.807, 2.05) is 36.4 Å². The fourth-order valence-electron chi connectivity index (χ4n) is 3.15. The van der Waals surface area contributed by atoms with Gasteiger partial charge in [0.1, 0.15) is 36.3 Å². The lowest BCUT2D eigenvalue weighted by Crippen LogP contribution is -2.48. The molecule has 0 aliphatic carbocycles. The van der Waals surface area contributed by atoms with Crippen molar-refractivity contribution in [2.24, 2.45) is 0 Å². The molecule has 0 N–H and O–H groups in total. The van der Waals surface area contributed by atoms with Crippen molar-refractivity contribution < 1.29 is 19.0 Å². The minimum atomic E-state index is -0.255. The number of ether oxygens (including phenoxy) is 3. The van der Waals surface area contributed by atoms with Crippen LogP contribution in [-0.2, 0) is 9.53 Å². The summed E-state index contributed by atoms with van der Waals surface area (Å²) in [7, 11) is 1.61. The first-order valence-corrected chi connectivity index (χ1v) is 9.25. The van der Waals surface area contributed by atoms with Crippen molar-refractivity contribution in [3.8, 4) is 11.5 Å². The molecular formula is C21H19ClN2O4. The summed E-state index contributed by atoms with van der Waals surface area (Å²) in [6.07, 6.45) is 1.45. The third kappa shape index (κ3) is 3.74. The summed E-state index contributed by atoms with van der Waals surface area (Å²) in [5.41, 5.74) is 1.51. The summed E-state index contributed by atoms with van der Waals surface area (Å²) >= 11 is 6.23. The number of methoxy groups -OCH3 is 1. The molecule has 28 heavy (non-hydrogen) atoms. The summed E-state index contributed by atoms with van der Waals surface area (Å²) in [6.45, 7) is 0.719. The first-order valence-electron chi connectivity index (χ1n) is 8.88. The number of benzene rings is 2. The molecule has 4 rings (SSSR count). The van der Waals surface area contributed by atoms with Gasteiger partial charge in [0.25, 0.3) is 5.91 Å². The second-order valence-corrected chi connectivity index (χ2v) is 6.80. The Morgan fingerprint density at radius 3 is 2.82 bits per heavy atom. The first-order chi connectivity index (χ1) is 13.7. The van der Waals surface area contributed by atoms with Crippen molar-refractivity contribution in [1.82, 2.24) is 4.98 Å². The molecule has 7 heteroatoms. The summed E-state index contributed by atoms with van der Waals surface area (Å²) in [5, 5.41) is 1.46. The number of aromatic nitrogens is 1. The highest BCUT2D eigenvalue weighted by molar-refractivity contribution is 6.35. The van der Waals surface area contributed by atoms with E-state index in [1.54, 1.807) is 30.3 Å². The van der Waals surface area contributed by atoms with E-state index in [2.05, 4.69) is 4.98 Å². The predicted molar refractivity (Wildman–Crippen MR) is 107 cm³/mol. The van der Waals surface area contributed by atoms with Gasteiger partial charge in [0.15, 0.2) is 0 Å². The molecule has 0 saturated carbocycles. The van der Waals surface area contributed by atoms with Crippen LogP contribution in [0.25, 0.3) is 10.9 Å². The zero-order chi connectivity index (χ0) is 19.5. The van der Waals surface area contributed by atoms with Gasteiger partial charge in [0, 0.05) is 17.3 Å². The Balaban J connectivity index is 1.47. The molecule has 3 aromatic rings. The fourth-order valence-corrected chi connectivity index (χ4v) is 3.36. The molecule has 1 atom stereocenters. The minimum absolute atomic E-state index is 0.0136. The lowest BCUT2D eigenvalue weighted by Gasteiger charge is -2.32. The fraction of sp³-hybridized carbons (Fsp3) is 0.238. The highest BCUT2D eigenvalue weighted by Gasteiger charge is 2.28. The summed E-state index contributed by atoms with van der Waals surface area (Å²) in [6, 6.07) is 14.7. The van der Waals surface area contributed by atoms with E-state index < -0.39 is 0 Å². The van der Waals surface area contributed by atoms with Crippen LogP contribution in [0.1, 0.15) is 0 Å². The third-order valence-corrected chi connectivity index (χ3v) is 4.95. The molecule has 1 aliphatic rings. The average Bonchev–Trinajstić information content (AvgIpc) is 2.74. The quantitative estimate of drug-likeness (QED) is 0.655. The van der Waals surface area contributed by atoms with Crippen LogP contribution in [0, 0.1) is 0 Å². The number of pyridine rings is 1. The topological polar surface area (TPSA) is 60.9 Å². The van der Waals surface area contributed by atoms with E-state index in [0.717, 1.165) is 16.8 Å². The van der Waals surface area contributed by atoms with Crippen molar-refractivity contribution in [3.63, 3.8) is 0 Å². The van der Waals surface area contributed by atoms with E-state index >= 15 is 0 Å². The maximum Gasteiger partial charge on any atom is 0.253 e. The van der Waals surface area contributed by atoms with Crippen molar-refractivity contribution in [2.75, 3.05) is 31.8 Å². The van der Waals surface area contributed by atoms with Crippen LogP contribution in [0.15, 0.2) is 54.7 Å². The third-order valence-electron chi connectivity index (χ3n) is 4.62. The van der Waals surface area contributed by atoms with Gasteiger partial charge in [-0.1, -0.05) is 11.6 Å². The monoisotopic (exact) mass is 398 g/mol. The molecule has 2 heterocycles. The molecule has 6 nitrogen and oxygen atoms in total. The highest BCUT2D eigenvalue weighted by Crippen LogP contribution is 2.30. The molecule has 0 unspecified atom stereocenters. The molecular weight excluding hydrogens is 380 g/mol. The van der Waals surface area contributed by atoms with Crippen LogP contribution in [0.3, 0.4) is 0 Å². The van der Waals surface area contributed by atoms with Gasteiger partial charge < -0.3 is 19.1 Å². The SMILES string of the molecule is COc1ccc(N2C[C@@H](COc3ccc(Cl)c4cccnc34)OCC2=O)cc1. The van der Waals surface area contributed by atoms with E-state index in [9.17, 15) is 4.79 Å². The van der Waals surface area contributed by atoms with Crippen LogP contribution in [-0.4, -0.2) is 43.9 Å². The van der Waals surface area contributed by atoms with Gasteiger partial charge in [-0.15, -0.1) is 0 Å². The number of hydrogen-bond acceptors (Lipinski definition) is 5. The lowest BCUT2D eigenvalue weighted by molar-refractivity contribution is -0.130. The number of nitrogens with zero attached hydrogens (tertiary/aromatic N) is 2. The Labute approximate surface area is 167 Å². The molecule has 1 aliphatic heterocycles. The van der Waals surface area contributed by atoms with Crippen molar-refractivity contribution in [2.45, 2.75) is 6.10 Å². The van der Waals surface area contributed by atoms with Gasteiger partial charge in [0.2, 0.25) is 0 Å². The predicted octanol–water partition coefficient (Wildman–Crippen LogP) is 3.71. The van der Waals surface area contributed by atoms with Crippen LogP contribution in [0.4, 0.5) is 5.69 Å². The van der Waals surface area contributed by atoms with E-state index in [0.29, 0.717) is 29.4 Å². The standard InChI is InChI=1S/C21H19ClN2O4/c1-26-15-6-4-14(5-7-15)24-11-16(27-13-20(24)25)12-28-19-9-8-18(22)17-3-2-10-23-21(17)19/h2-10,16H,11-13H2,1H3/t16-/m0/s1. The second-order valence-electron chi connectivity index (χ2n) is 6.39. The molecule has 0 radical (unpaired) electrons. The van der Waals surface area contributed by atoms with Crippen LogP contribution in [0.5, 0.6) is 11.5 Å². The number of carbonyl (C=O) groups excluding carboxylic acids is 1. The Morgan fingerprint density at radius 2 is 2.04 bits per heavy atom. The number of morpholine rings is 1. The number of anilines is 1. The molecule has 0 bridgehead atoms. The number of hydrogen-bond donors (Lipinski definition) is 0. The molecule has 1 fully saturated rings. The Bertz CT molecular complexity index is 993. The van der Waals surface area contributed by atoms with E-state index in [1.165, 1.54) is 0 Å². The highest BCUT2D eigenvalue weighted by atomic mass is 35.5. The molecule has 1 amide bonds. The Hall–Kier alpha value is -2.83. The zero-order valence-corrected chi connectivity index (χ0v) is 16.1. The minimum Gasteiger partial charge on any atom is -0.497 e. The van der Waals surface area contributed by atoms with Gasteiger partial charge in [-0.25, -0.2) is 0 Å². The summed E-state index contributed by atoms with van der Waals surface area (Å²) in [5.74, 6) is 1.29. The number of halogens is 1. The smallest absolute Gasteiger partial charge is 0.253 e. The summed E-state index contributed by atoms with van der Waals surface area (Å²) < 4.78 is 16.8. The number of carbonyl (C=O) groups is 1. The number of amides is 1. The zero-order valence-electron chi connectivity index (χ0n) is 15.3. The van der Waals surface area contributed by atoms with Crippen LogP contribution < -0.4 is 14.4 Å². The van der Waals surface area contributed by atoms with Crippen molar-refractivity contribution in [3.05, 3.63) is 59.8 Å². The maximum absolute atomic E-state index is 12.3. The van der Waals surface area contributed by atoms with E-state index in [4.69, 9.17) is 25.8 Å². The normalized spacial score (nSPS) is 17.0. The molecule has 144 valence electrons. The van der Waals surface area contributed by atoms with Gasteiger partial charge in [-0.2, -0.15) is 0 Å². The molecule has 2 aromatic carbocycles. The Kier molecular flexibility index (Phi) is 5.32. The van der Waals surface area contributed by atoms with E-state index in [-0.39, 0.29) is 18.6 Å². The first kappa shape index (κ1) is 18.5. The van der Waals surface area contributed by atoms with Gasteiger partial charge in [-0.05, 0) is 48.5 Å². The number of rotatable bonds is 5. The van der Waals surface area contributed by atoms with Gasteiger partial charge >= 0.3 is 0 Å². The van der Waals surface area contributed by atoms with Crippen molar-refractivity contribution >= 4 is 34.1 Å². The molecule has 1 aromatic heterocycles. The average molecular weight is 399 g/mol. The molecule has 1 saturated heterocycles. The second kappa shape index (κ2) is 8.04.